The molecule has 2 heterocycles. The van der Waals surface area contributed by atoms with Crippen LogP contribution in [0.5, 0.6) is 5.88 Å². The fourth-order valence-electron chi connectivity index (χ4n) is 4.48. The number of nitrogens with one attached hydrogen (secondary N) is 1. The molecule has 0 saturated carbocycles. The summed E-state index contributed by atoms with van der Waals surface area (Å²) in [6, 6.07) is 9.04. The zero-order valence-corrected chi connectivity index (χ0v) is 33.5. The summed E-state index contributed by atoms with van der Waals surface area (Å²) in [5, 5.41) is 2.78. The van der Waals surface area contributed by atoms with Gasteiger partial charge in [-0.3, -0.25) is 9.36 Å². The number of carbonyl (C=O) groups excluding carboxylic acids is 4. The number of carbonyl (C=O) groups is 4. The van der Waals surface area contributed by atoms with Gasteiger partial charge in [-0.15, -0.1) is 0 Å². The van der Waals surface area contributed by atoms with Gasteiger partial charge in [-0.1, -0.05) is 30.3 Å². The van der Waals surface area contributed by atoms with Crippen LogP contribution in [-0.2, 0) is 36.9 Å². The second-order valence-corrected chi connectivity index (χ2v) is 16.3. The Labute approximate surface area is 315 Å². The minimum Gasteiger partial charge on any atom is -0.472 e. The number of ether oxygens (including phenoxy) is 5. The maximum absolute atomic E-state index is 14.0. The highest BCUT2D eigenvalue weighted by Gasteiger charge is 2.38. The zero-order chi connectivity index (χ0) is 40.8. The summed E-state index contributed by atoms with van der Waals surface area (Å²) >= 11 is 0. The molecular formula is C37H53N7O10. The molecule has 17 heteroatoms. The topological polar surface area (TPSA) is 194 Å². The van der Waals surface area contributed by atoms with E-state index in [1.165, 1.54) is 7.05 Å². The summed E-state index contributed by atoms with van der Waals surface area (Å²) < 4.78 is 29.4. The normalized spacial score (nSPS) is 12.2. The van der Waals surface area contributed by atoms with Crippen molar-refractivity contribution in [2.45, 2.75) is 119 Å². The molecule has 0 fully saturated rings. The van der Waals surface area contributed by atoms with Crippen LogP contribution in [0, 0.1) is 0 Å². The Balaban J connectivity index is 2.36. The molecule has 0 unspecified atom stereocenters. The summed E-state index contributed by atoms with van der Waals surface area (Å²) in [6.07, 6.45) is -3.22. The predicted molar refractivity (Wildman–Crippen MR) is 201 cm³/mol. The van der Waals surface area contributed by atoms with Crippen LogP contribution in [0.4, 0.5) is 26.1 Å². The summed E-state index contributed by atoms with van der Waals surface area (Å²) in [5.74, 6) is -1.54. The van der Waals surface area contributed by atoms with Gasteiger partial charge in [0.2, 0.25) is 11.8 Å². The van der Waals surface area contributed by atoms with Gasteiger partial charge >= 0.3 is 29.9 Å². The maximum Gasteiger partial charge on any atom is 0.425 e. The van der Waals surface area contributed by atoms with Crippen LogP contribution < -0.4 is 25.5 Å². The maximum atomic E-state index is 14.0. The van der Waals surface area contributed by atoms with E-state index in [0.29, 0.717) is 4.90 Å². The third-order valence-corrected chi connectivity index (χ3v) is 6.51. The van der Waals surface area contributed by atoms with Crippen molar-refractivity contribution in [2.75, 3.05) is 29.9 Å². The molecule has 3 rings (SSSR count). The minimum absolute atomic E-state index is 0.0402. The van der Waals surface area contributed by atoms with E-state index >= 15 is 0 Å². The quantitative estimate of drug-likeness (QED) is 0.149. The first-order chi connectivity index (χ1) is 24.7. The molecule has 1 aromatic carbocycles. The number of esters is 1. The molecule has 0 spiro atoms. The lowest BCUT2D eigenvalue weighted by Crippen LogP contribution is -2.45. The van der Waals surface area contributed by atoms with Crippen LogP contribution in [0.1, 0.15) is 88.6 Å². The van der Waals surface area contributed by atoms with E-state index < -0.39 is 58.2 Å². The molecule has 0 bridgehead atoms. The van der Waals surface area contributed by atoms with Crippen LogP contribution in [0.3, 0.4) is 0 Å². The Hall–Kier alpha value is -5.32. The van der Waals surface area contributed by atoms with Gasteiger partial charge in [-0.05, 0) is 88.6 Å². The van der Waals surface area contributed by atoms with Crippen molar-refractivity contribution in [1.29, 1.82) is 0 Å². The van der Waals surface area contributed by atoms with E-state index in [-0.39, 0.29) is 49.1 Å². The van der Waals surface area contributed by atoms with Gasteiger partial charge in [0.25, 0.3) is 0 Å². The first-order valence-corrected chi connectivity index (χ1v) is 17.4. The SMILES string of the molecule is CN(C(=O)OC(C)(C)C)c1nc(OCc2ccccc2)c2c(N(C(=O)OC(C)(C)C)C(=O)OC(C)(C)C)nc(=O)n(CCNCC(=O)OC(C)(C)C)c2n1. The number of hydrogen-bond acceptors (Lipinski definition) is 14. The Morgan fingerprint density at radius 3 is 1.76 bits per heavy atom. The van der Waals surface area contributed by atoms with Crippen molar-refractivity contribution in [2.24, 2.45) is 0 Å². The monoisotopic (exact) mass is 755 g/mol. The van der Waals surface area contributed by atoms with Crippen molar-refractivity contribution in [3.63, 3.8) is 0 Å². The molecule has 0 atom stereocenters. The second-order valence-electron chi connectivity index (χ2n) is 16.3. The average Bonchev–Trinajstić information content (AvgIpc) is 2.99. The molecule has 54 heavy (non-hydrogen) atoms. The second kappa shape index (κ2) is 16.8. The molecule has 2 aromatic heterocycles. The van der Waals surface area contributed by atoms with Crippen LogP contribution in [0.15, 0.2) is 35.1 Å². The van der Waals surface area contributed by atoms with Gasteiger partial charge in [0.1, 0.15) is 34.4 Å². The predicted octanol–water partition coefficient (Wildman–Crippen LogP) is 5.74. The number of benzene rings is 1. The number of aromatic nitrogens is 4. The van der Waals surface area contributed by atoms with E-state index in [1.807, 2.05) is 6.07 Å². The first kappa shape index (κ1) is 43.1. The number of imide groups is 1. The van der Waals surface area contributed by atoms with Crippen molar-refractivity contribution in [1.82, 2.24) is 24.8 Å². The highest BCUT2D eigenvalue weighted by molar-refractivity contribution is 6.14. The fraction of sp³-hybridized carbons (Fsp3) is 0.568. The molecule has 3 amide bonds. The highest BCUT2D eigenvalue weighted by Crippen LogP contribution is 2.34. The highest BCUT2D eigenvalue weighted by atomic mass is 16.6. The van der Waals surface area contributed by atoms with E-state index in [1.54, 1.807) is 107 Å². The third-order valence-electron chi connectivity index (χ3n) is 6.51. The molecule has 0 radical (unpaired) electrons. The summed E-state index contributed by atoms with van der Waals surface area (Å²) in [5.41, 5.74) is -4.17. The van der Waals surface area contributed by atoms with Crippen LogP contribution in [0.25, 0.3) is 11.0 Å². The van der Waals surface area contributed by atoms with Crippen LogP contribution in [0.2, 0.25) is 0 Å². The van der Waals surface area contributed by atoms with Crippen LogP contribution in [-0.4, -0.2) is 86.3 Å². The third kappa shape index (κ3) is 13.0. The Bertz CT molecular complexity index is 1860. The van der Waals surface area contributed by atoms with E-state index in [4.69, 9.17) is 23.7 Å². The summed E-state index contributed by atoms with van der Waals surface area (Å²) in [6.45, 7) is 19.6. The largest absolute Gasteiger partial charge is 0.472 e. The Kier molecular flexibility index (Phi) is 13.4. The lowest BCUT2D eigenvalue weighted by molar-refractivity contribution is -0.153. The molecule has 0 saturated heterocycles. The Morgan fingerprint density at radius 2 is 1.24 bits per heavy atom. The summed E-state index contributed by atoms with van der Waals surface area (Å²) in [4.78, 5) is 82.1. The van der Waals surface area contributed by atoms with Crippen LogP contribution >= 0.6 is 0 Å². The molecule has 0 aliphatic rings. The van der Waals surface area contributed by atoms with Gasteiger partial charge in [0.05, 0.1) is 6.54 Å². The van der Waals surface area contributed by atoms with Crippen molar-refractivity contribution < 1.29 is 42.9 Å². The molecule has 17 nitrogen and oxygen atoms in total. The number of rotatable bonds is 10. The smallest absolute Gasteiger partial charge is 0.425 e. The van der Waals surface area contributed by atoms with E-state index in [0.717, 1.165) is 15.0 Å². The lowest BCUT2D eigenvalue weighted by atomic mass is 10.2. The molecule has 296 valence electrons. The molecule has 3 aromatic rings. The van der Waals surface area contributed by atoms with Crippen molar-refractivity contribution in [3.8, 4) is 5.88 Å². The van der Waals surface area contributed by atoms with Gasteiger partial charge in [-0.25, -0.2) is 24.1 Å². The Morgan fingerprint density at radius 1 is 0.722 bits per heavy atom. The molecular weight excluding hydrogens is 702 g/mol. The molecule has 0 aliphatic heterocycles. The fourth-order valence-corrected chi connectivity index (χ4v) is 4.48. The zero-order valence-electron chi connectivity index (χ0n) is 33.5. The van der Waals surface area contributed by atoms with Gasteiger partial charge in [0.15, 0.2) is 11.5 Å². The number of nitrogens with zero attached hydrogens (tertiary/aromatic N) is 6. The van der Waals surface area contributed by atoms with E-state index in [2.05, 4.69) is 20.3 Å². The number of anilines is 2. The molecule has 1 N–H and O–H groups in total. The van der Waals surface area contributed by atoms with Crippen molar-refractivity contribution >= 4 is 47.0 Å². The van der Waals surface area contributed by atoms with Gasteiger partial charge in [-0.2, -0.15) is 19.9 Å². The molecule has 0 aliphatic carbocycles. The summed E-state index contributed by atoms with van der Waals surface area (Å²) in [7, 11) is 1.37. The number of amides is 3. The standard InChI is InChI=1S/C37H53N7O10/c1-34(2,3)51-24(45)21-38-19-20-43-26-25(27(40-30(43)46)44(32(48)53-36(7,8)9)33(49)54-37(10,11)12)28(50-22-23-17-15-14-16-18-23)41-29(39-26)42(13)31(47)52-35(4,5)6/h14-18,38H,19-22H2,1-13H3. The van der Waals surface area contributed by atoms with Gasteiger partial charge < -0.3 is 29.0 Å². The first-order valence-electron chi connectivity index (χ1n) is 17.4. The minimum atomic E-state index is -1.20. The van der Waals surface area contributed by atoms with Gasteiger partial charge in [0, 0.05) is 20.1 Å². The van der Waals surface area contributed by atoms with E-state index in [9.17, 15) is 24.0 Å². The number of hydrogen-bond donors (Lipinski definition) is 1. The number of fused-ring (bicyclic) bond motifs is 1. The lowest BCUT2D eigenvalue weighted by Gasteiger charge is -2.29. The van der Waals surface area contributed by atoms with Crippen molar-refractivity contribution in [3.05, 3.63) is 46.4 Å². The average molecular weight is 756 g/mol.